The lowest BCUT2D eigenvalue weighted by Crippen LogP contribution is -2.26. The Bertz CT molecular complexity index is 554. The number of hydrogen-bond donors (Lipinski definition) is 0. The van der Waals surface area contributed by atoms with E-state index in [4.69, 9.17) is 0 Å². The molecule has 0 aliphatic rings. The molecule has 3 heteroatoms. The lowest BCUT2D eigenvalue weighted by Gasteiger charge is -2.18. The highest BCUT2D eigenvalue weighted by Crippen LogP contribution is 2.15. The summed E-state index contributed by atoms with van der Waals surface area (Å²) in [7, 11) is 3.84. The molecule has 19 heavy (non-hydrogen) atoms. The van der Waals surface area contributed by atoms with E-state index in [2.05, 4.69) is 31.2 Å². The molecule has 1 aromatic heterocycles. The number of aromatic nitrogens is 1. The van der Waals surface area contributed by atoms with Crippen molar-refractivity contribution in [2.45, 2.75) is 13.3 Å². The molecule has 0 radical (unpaired) electrons. The second-order valence-corrected chi connectivity index (χ2v) is 4.80. The van der Waals surface area contributed by atoms with Gasteiger partial charge in [0.2, 0.25) is 0 Å². The van der Waals surface area contributed by atoms with Crippen LogP contribution in [0.4, 0.5) is 5.69 Å². The molecular formula is C16H20N2O. The minimum Gasteiger partial charge on any atom is -0.367 e. The van der Waals surface area contributed by atoms with E-state index in [1.807, 2.05) is 41.9 Å². The van der Waals surface area contributed by atoms with Crippen LogP contribution in [0.1, 0.15) is 23.0 Å². The number of carbonyl (C=O) groups excluding carboxylic acids is 1. The predicted octanol–water partition coefficient (Wildman–Crippen LogP) is 2.91. The van der Waals surface area contributed by atoms with Gasteiger partial charge in [0, 0.05) is 26.0 Å². The number of Topliss-reactive ketones (excluding diaryl/α,β-unsaturated/α-hetero) is 1. The first-order chi connectivity index (χ1) is 9.11. The SMILES string of the molecule is CCc1ccc(N(C)CC(=O)c2cccn2C)cc1. The van der Waals surface area contributed by atoms with Gasteiger partial charge in [0.25, 0.3) is 0 Å². The number of carbonyl (C=O) groups is 1. The smallest absolute Gasteiger partial charge is 0.198 e. The average molecular weight is 256 g/mol. The molecule has 0 saturated carbocycles. The van der Waals surface area contributed by atoms with Gasteiger partial charge < -0.3 is 9.47 Å². The summed E-state index contributed by atoms with van der Waals surface area (Å²) in [5.41, 5.74) is 3.13. The van der Waals surface area contributed by atoms with Crippen LogP contribution in [0.5, 0.6) is 0 Å². The molecule has 1 heterocycles. The summed E-state index contributed by atoms with van der Waals surface area (Å²) >= 11 is 0. The molecule has 3 nitrogen and oxygen atoms in total. The number of aryl methyl sites for hydroxylation is 2. The van der Waals surface area contributed by atoms with Crippen molar-refractivity contribution in [3.63, 3.8) is 0 Å². The lowest BCUT2D eigenvalue weighted by atomic mass is 10.1. The first-order valence-electron chi connectivity index (χ1n) is 6.56. The van der Waals surface area contributed by atoms with Crippen molar-refractivity contribution in [1.29, 1.82) is 0 Å². The first kappa shape index (κ1) is 13.4. The molecule has 0 aliphatic carbocycles. The maximum absolute atomic E-state index is 12.2. The largest absolute Gasteiger partial charge is 0.367 e. The van der Waals surface area contributed by atoms with Crippen molar-refractivity contribution in [3.8, 4) is 0 Å². The second kappa shape index (κ2) is 5.74. The van der Waals surface area contributed by atoms with Gasteiger partial charge >= 0.3 is 0 Å². The van der Waals surface area contributed by atoms with E-state index in [-0.39, 0.29) is 5.78 Å². The molecule has 0 aliphatic heterocycles. The van der Waals surface area contributed by atoms with E-state index in [1.165, 1.54) is 5.56 Å². The first-order valence-corrected chi connectivity index (χ1v) is 6.56. The number of ketones is 1. The van der Waals surface area contributed by atoms with E-state index < -0.39 is 0 Å². The van der Waals surface area contributed by atoms with Gasteiger partial charge in [0.1, 0.15) is 0 Å². The van der Waals surface area contributed by atoms with Gasteiger partial charge in [0.05, 0.1) is 12.2 Å². The zero-order valence-corrected chi connectivity index (χ0v) is 11.8. The Labute approximate surface area is 114 Å². The van der Waals surface area contributed by atoms with Crippen LogP contribution < -0.4 is 4.90 Å². The molecule has 0 amide bonds. The number of hydrogen-bond acceptors (Lipinski definition) is 2. The zero-order chi connectivity index (χ0) is 13.8. The fraction of sp³-hybridized carbons (Fsp3) is 0.312. The van der Waals surface area contributed by atoms with Crippen molar-refractivity contribution in [2.24, 2.45) is 7.05 Å². The normalized spacial score (nSPS) is 10.5. The third kappa shape index (κ3) is 3.05. The minimum atomic E-state index is 0.134. The summed E-state index contributed by atoms with van der Waals surface area (Å²) in [6.45, 7) is 2.53. The fourth-order valence-electron chi connectivity index (χ4n) is 2.12. The molecule has 0 atom stereocenters. The summed E-state index contributed by atoms with van der Waals surface area (Å²) in [4.78, 5) is 14.2. The van der Waals surface area contributed by atoms with E-state index in [1.54, 1.807) is 0 Å². The summed E-state index contributed by atoms with van der Waals surface area (Å²) in [5.74, 6) is 0.134. The Kier molecular flexibility index (Phi) is 4.05. The van der Waals surface area contributed by atoms with Crippen LogP contribution in [0.2, 0.25) is 0 Å². The van der Waals surface area contributed by atoms with Gasteiger partial charge in [0.15, 0.2) is 5.78 Å². The zero-order valence-electron chi connectivity index (χ0n) is 11.8. The Hall–Kier alpha value is -2.03. The Balaban J connectivity index is 2.06. The molecule has 0 unspecified atom stereocenters. The Morgan fingerprint density at radius 2 is 1.89 bits per heavy atom. The topological polar surface area (TPSA) is 25.2 Å². The minimum absolute atomic E-state index is 0.134. The highest BCUT2D eigenvalue weighted by Gasteiger charge is 2.12. The van der Waals surface area contributed by atoms with Crippen LogP contribution in [0.25, 0.3) is 0 Å². The van der Waals surface area contributed by atoms with Gasteiger partial charge in [-0.25, -0.2) is 0 Å². The number of rotatable bonds is 5. The van der Waals surface area contributed by atoms with Gasteiger partial charge in [-0.1, -0.05) is 19.1 Å². The van der Waals surface area contributed by atoms with Crippen molar-refractivity contribution >= 4 is 11.5 Å². The van der Waals surface area contributed by atoms with Crippen molar-refractivity contribution in [1.82, 2.24) is 4.57 Å². The summed E-state index contributed by atoms with van der Waals surface area (Å²) in [5, 5.41) is 0. The maximum Gasteiger partial charge on any atom is 0.198 e. The number of benzene rings is 1. The third-order valence-corrected chi connectivity index (χ3v) is 3.40. The van der Waals surface area contributed by atoms with Gasteiger partial charge in [-0.3, -0.25) is 4.79 Å². The molecule has 2 aromatic rings. The van der Waals surface area contributed by atoms with Gasteiger partial charge in [-0.15, -0.1) is 0 Å². The molecule has 0 spiro atoms. The van der Waals surface area contributed by atoms with Crippen molar-refractivity contribution in [3.05, 3.63) is 53.9 Å². The standard InChI is InChI=1S/C16H20N2O/c1-4-13-7-9-14(10-8-13)18(3)12-16(19)15-6-5-11-17(15)2/h5-11H,4,12H2,1-3H3. The molecule has 1 aromatic carbocycles. The Morgan fingerprint density at radius 3 is 2.42 bits per heavy atom. The predicted molar refractivity (Wildman–Crippen MR) is 78.8 cm³/mol. The number of anilines is 1. The van der Waals surface area contributed by atoms with Crippen LogP contribution in [-0.4, -0.2) is 23.9 Å². The molecule has 0 saturated heterocycles. The molecule has 0 bridgehead atoms. The van der Waals surface area contributed by atoms with E-state index in [0.717, 1.165) is 17.8 Å². The van der Waals surface area contributed by atoms with E-state index in [0.29, 0.717) is 6.54 Å². The highest BCUT2D eigenvalue weighted by molar-refractivity contribution is 5.97. The summed E-state index contributed by atoms with van der Waals surface area (Å²) in [6, 6.07) is 12.1. The Morgan fingerprint density at radius 1 is 1.21 bits per heavy atom. The lowest BCUT2D eigenvalue weighted by molar-refractivity contribution is 0.0992. The fourth-order valence-corrected chi connectivity index (χ4v) is 2.12. The van der Waals surface area contributed by atoms with E-state index >= 15 is 0 Å². The maximum atomic E-state index is 12.2. The third-order valence-electron chi connectivity index (χ3n) is 3.40. The van der Waals surface area contributed by atoms with Crippen LogP contribution in [-0.2, 0) is 13.5 Å². The quantitative estimate of drug-likeness (QED) is 0.769. The average Bonchev–Trinajstić information content (AvgIpc) is 2.85. The monoisotopic (exact) mass is 256 g/mol. The van der Waals surface area contributed by atoms with Crippen LogP contribution in [0.15, 0.2) is 42.6 Å². The van der Waals surface area contributed by atoms with Crippen LogP contribution in [0, 0.1) is 0 Å². The highest BCUT2D eigenvalue weighted by atomic mass is 16.1. The summed E-state index contributed by atoms with van der Waals surface area (Å²) in [6.07, 6.45) is 2.93. The number of nitrogens with zero attached hydrogens (tertiary/aromatic N) is 2. The molecular weight excluding hydrogens is 236 g/mol. The molecule has 2 rings (SSSR count). The second-order valence-electron chi connectivity index (χ2n) is 4.80. The van der Waals surface area contributed by atoms with Crippen molar-refractivity contribution < 1.29 is 4.79 Å². The van der Waals surface area contributed by atoms with E-state index in [9.17, 15) is 4.79 Å². The van der Waals surface area contributed by atoms with Crippen LogP contribution >= 0.6 is 0 Å². The number of likely N-dealkylation sites (N-methyl/N-ethyl adjacent to an activating group) is 1. The molecule has 100 valence electrons. The summed E-state index contributed by atoms with van der Waals surface area (Å²) < 4.78 is 1.86. The van der Waals surface area contributed by atoms with Gasteiger partial charge in [-0.2, -0.15) is 0 Å². The van der Waals surface area contributed by atoms with Crippen LogP contribution in [0.3, 0.4) is 0 Å². The van der Waals surface area contributed by atoms with Gasteiger partial charge in [-0.05, 0) is 36.2 Å². The van der Waals surface area contributed by atoms with Crippen molar-refractivity contribution in [2.75, 3.05) is 18.5 Å². The molecule has 0 fully saturated rings. The molecule has 0 N–H and O–H groups in total.